The van der Waals surface area contributed by atoms with Crippen molar-refractivity contribution in [3.8, 4) is 0 Å². The lowest BCUT2D eigenvalue weighted by Crippen LogP contribution is -2.37. The van der Waals surface area contributed by atoms with Gasteiger partial charge < -0.3 is 10.1 Å². The molecule has 0 aromatic rings. The van der Waals surface area contributed by atoms with Crippen LogP contribution in [0.2, 0.25) is 0 Å². The van der Waals surface area contributed by atoms with Crippen LogP contribution in [0, 0.1) is 0 Å². The second-order valence-electron chi connectivity index (χ2n) is 6.08. The highest BCUT2D eigenvalue weighted by molar-refractivity contribution is 4.78. The third kappa shape index (κ3) is 8.65. The maximum atomic E-state index is 6.06. The van der Waals surface area contributed by atoms with E-state index >= 15 is 0 Å². The molecule has 1 aliphatic carbocycles. The van der Waals surface area contributed by atoms with Gasteiger partial charge >= 0.3 is 0 Å². The van der Waals surface area contributed by atoms with E-state index in [9.17, 15) is 0 Å². The van der Waals surface area contributed by atoms with E-state index in [0.717, 1.165) is 13.2 Å². The standard InChI is InChI=1S/C17H35NO/c1-3-5-6-7-8-9-14-19-17-12-10-11-16(15-17)18-13-4-2/h16-18H,3-15H2,1-2H3. The molecule has 1 fully saturated rings. The Morgan fingerprint density at radius 1 is 0.947 bits per heavy atom. The van der Waals surface area contributed by atoms with E-state index in [4.69, 9.17) is 4.74 Å². The molecule has 0 aliphatic heterocycles. The zero-order valence-corrected chi connectivity index (χ0v) is 13.3. The van der Waals surface area contributed by atoms with Gasteiger partial charge in [0.05, 0.1) is 6.10 Å². The molecule has 1 N–H and O–H groups in total. The number of nitrogens with one attached hydrogen (secondary N) is 1. The molecule has 1 saturated carbocycles. The van der Waals surface area contributed by atoms with Gasteiger partial charge in [-0.2, -0.15) is 0 Å². The lowest BCUT2D eigenvalue weighted by Gasteiger charge is -2.30. The summed E-state index contributed by atoms with van der Waals surface area (Å²) >= 11 is 0. The highest BCUT2D eigenvalue weighted by Crippen LogP contribution is 2.21. The summed E-state index contributed by atoms with van der Waals surface area (Å²) in [7, 11) is 0. The molecule has 114 valence electrons. The van der Waals surface area contributed by atoms with Crippen LogP contribution >= 0.6 is 0 Å². The molecule has 0 heterocycles. The molecular weight excluding hydrogens is 234 g/mol. The Hall–Kier alpha value is -0.0800. The topological polar surface area (TPSA) is 21.3 Å². The van der Waals surface area contributed by atoms with Gasteiger partial charge in [-0.25, -0.2) is 0 Å². The molecule has 2 nitrogen and oxygen atoms in total. The summed E-state index contributed by atoms with van der Waals surface area (Å²) in [6.45, 7) is 6.66. The van der Waals surface area contributed by atoms with Crippen LogP contribution in [-0.2, 0) is 4.74 Å². The van der Waals surface area contributed by atoms with E-state index in [2.05, 4.69) is 19.2 Å². The fourth-order valence-electron chi connectivity index (χ4n) is 2.96. The number of hydrogen-bond donors (Lipinski definition) is 1. The van der Waals surface area contributed by atoms with Crippen molar-refractivity contribution >= 4 is 0 Å². The summed E-state index contributed by atoms with van der Waals surface area (Å²) in [6, 6.07) is 0.711. The van der Waals surface area contributed by atoms with E-state index in [-0.39, 0.29) is 0 Å². The van der Waals surface area contributed by atoms with Crippen LogP contribution in [0.25, 0.3) is 0 Å². The zero-order chi connectivity index (χ0) is 13.8. The van der Waals surface area contributed by atoms with E-state index in [1.807, 2.05) is 0 Å². The Morgan fingerprint density at radius 3 is 2.53 bits per heavy atom. The first-order valence-corrected chi connectivity index (χ1v) is 8.71. The van der Waals surface area contributed by atoms with Crippen LogP contribution in [0.1, 0.15) is 84.5 Å². The van der Waals surface area contributed by atoms with Crippen molar-refractivity contribution in [1.82, 2.24) is 5.32 Å². The smallest absolute Gasteiger partial charge is 0.0590 e. The molecular formula is C17H35NO. The third-order valence-corrected chi connectivity index (χ3v) is 4.16. The van der Waals surface area contributed by atoms with E-state index in [1.54, 1.807) is 0 Å². The molecule has 1 aliphatic rings. The second-order valence-corrected chi connectivity index (χ2v) is 6.08. The van der Waals surface area contributed by atoms with Crippen molar-refractivity contribution in [1.29, 1.82) is 0 Å². The molecule has 0 bridgehead atoms. The summed E-state index contributed by atoms with van der Waals surface area (Å²) in [5, 5.41) is 3.65. The molecule has 2 unspecified atom stereocenters. The molecule has 0 aromatic heterocycles. The summed E-state index contributed by atoms with van der Waals surface area (Å²) in [6.07, 6.45) is 15.1. The van der Waals surface area contributed by atoms with Gasteiger partial charge in [-0.3, -0.25) is 0 Å². The zero-order valence-electron chi connectivity index (χ0n) is 13.3. The molecule has 0 amide bonds. The number of rotatable bonds is 11. The molecule has 19 heavy (non-hydrogen) atoms. The molecule has 0 radical (unpaired) electrons. The fraction of sp³-hybridized carbons (Fsp3) is 1.00. The minimum Gasteiger partial charge on any atom is -0.378 e. The third-order valence-electron chi connectivity index (χ3n) is 4.16. The Kier molecular flexibility index (Phi) is 10.5. The normalized spacial score (nSPS) is 23.7. The largest absolute Gasteiger partial charge is 0.378 e. The van der Waals surface area contributed by atoms with Crippen molar-refractivity contribution in [2.45, 2.75) is 96.6 Å². The molecule has 2 heteroatoms. The Morgan fingerprint density at radius 2 is 1.74 bits per heavy atom. The summed E-state index contributed by atoms with van der Waals surface area (Å²) in [5.41, 5.74) is 0. The van der Waals surface area contributed by atoms with Gasteiger partial charge in [-0.15, -0.1) is 0 Å². The lowest BCUT2D eigenvalue weighted by molar-refractivity contribution is 0.0176. The first-order valence-electron chi connectivity index (χ1n) is 8.71. The Bertz CT molecular complexity index is 196. The second kappa shape index (κ2) is 11.7. The monoisotopic (exact) mass is 269 g/mol. The molecule has 0 saturated heterocycles. The van der Waals surface area contributed by atoms with Crippen molar-refractivity contribution in [2.75, 3.05) is 13.2 Å². The molecule has 0 spiro atoms. The average molecular weight is 269 g/mol. The molecule has 1 rings (SSSR count). The summed E-state index contributed by atoms with van der Waals surface area (Å²) in [4.78, 5) is 0. The van der Waals surface area contributed by atoms with Gasteiger partial charge in [0.2, 0.25) is 0 Å². The average Bonchev–Trinajstić information content (AvgIpc) is 2.44. The quantitative estimate of drug-likeness (QED) is 0.550. The number of hydrogen-bond acceptors (Lipinski definition) is 2. The van der Waals surface area contributed by atoms with Crippen LogP contribution in [0.15, 0.2) is 0 Å². The van der Waals surface area contributed by atoms with Gasteiger partial charge in [0.25, 0.3) is 0 Å². The van der Waals surface area contributed by atoms with Crippen LogP contribution < -0.4 is 5.32 Å². The summed E-state index contributed by atoms with van der Waals surface area (Å²) < 4.78 is 6.06. The fourth-order valence-corrected chi connectivity index (χ4v) is 2.96. The number of ether oxygens (including phenoxy) is 1. The summed E-state index contributed by atoms with van der Waals surface area (Å²) in [5.74, 6) is 0. The van der Waals surface area contributed by atoms with E-state index in [1.165, 1.54) is 70.6 Å². The molecule has 0 aromatic carbocycles. The van der Waals surface area contributed by atoms with Gasteiger partial charge in [-0.1, -0.05) is 46.0 Å². The van der Waals surface area contributed by atoms with Crippen LogP contribution in [-0.4, -0.2) is 25.3 Å². The van der Waals surface area contributed by atoms with E-state index in [0.29, 0.717) is 12.1 Å². The maximum Gasteiger partial charge on any atom is 0.0590 e. The maximum absolute atomic E-state index is 6.06. The van der Waals surface area contributed by atoms with Crippen molar-refractivity contribution in [2.24, 2.45) is 0 Å². The van der Waals surface area contributed by atoms with Crippen LogP contribution in [0.4, 0.5) is 0 Å². The van der Waals surface area contributed by atoms with Crippen molar-refractivity contribution in [3.05, 3.63) is 0 Å². The van der Waals surface area contributed by atoms with E-state index < -0.39 is 0 Å². The van der Waals surface area contributed by atoms with Crippen molar-refractivity contribution in [3.63, 3.8) is 0 Å². The minimum absolute atomic E-state index is 0.527. The minimum atomic E-state index is 0.527. The predicted molar refractivity (Wildman–Crippen MR) is 83.7 cm³/mol. The molecule has 2 atom stereocenters. The lowest BCUT2D eigenvalue weighted by atomic mass is 9.93. The highest BCUT2D eigenvalue weighted by Gasteiger charge is 2.21. The first kappa shape index (κ1) is 17.0. The van der Waals surface area contributed by atoms with Gasteiger partial charge in [0.1, 0.15) is 0 Å². The Balaban J connectivity index is 1.96. The van der Waals surface area contributed by atoms with Crippen LogP contribution in [0.3, 0.4) is 0 Å². The highest BCUT2D eigenvalue weighted by atomic mass is 16.5. The SMILES string of the molecule is CCCCCCCCOC1CCCC(NCCC)C1. The van der Waals surface area contributed by atoms with Gasteiger partial charge in [-0.05, 0) is 45.1 Å². The van der Waals surface area contributed by atoms with Crippen molar-refractivity contribution < 1.29 is 4.74 Å². The first-order chi connectivity index (χ1) is 9.36. The van der Waals surface area contributed by atoms with Crippen LogP contribution in [0.5, 0.6) is 0 Å². The number of unbranched alkanes of at least 4 members (excludes halogenated alkanes) is 5. The van der Waals surface area contributed by atoms with Gasteiger partial charge in [0, 0.05) is 12.6 Å². The van der Waals surface area contributed by atoms with Gasteiger partial charge in [0.15, 0.2) is 0 Å². The Labute approximate surface area is 120 Å². The predicted octanol–water partition coefficient (Wildman–Crippen LogP) is 4.67.